The molecule has 0 spiro atoms. The largest absolute Gasteiger partial charge is 0.464 e. The summed E-state index contributed by atoms with van der Waals surface area (Å²) in [5.41, 5.74) is 0. The van der Waals surface area contributed by atoms with Crippen LogP contribution in [-0.4, -0.2) is 38.0 Å². The van der Waals surface area contributed by atoms with Crippen LogP contribution in [-0.2, 0) is 19.0 Å². The zero-order valence-electron chi connectivity index (χ0n) is 9.53. The normalized spacial score (nSPS) is 22.7. The van der Waals surface area contributed by atoms with Gasteiger partial charge in [-0.3, -0.25) is 0 Å². The summed E-state index contributed by atoms with van der Waals surface area (Å²) in [7, 11) is 0. The Morgan fingerprint density at radius 1 is 1.53 bits per heavy atom. The van der Waals surface area contributed by atoms with Crippen molar-refractivity contribution in [3.05, 3.63) is 0 Å². The first-order valence-corrected chi connectivity index (χ1v) is 5.67. The quantitative estimate of drug-likeness (QED) is 0.631. The highest BCUT2D eigenvalue weighted by Crippen LogP contribution is 2.13. The molecule has 0 radical (unpaired) electrons. The lowest BCUT2D eigenvalue weighted by Gasteiger charge is -2.17. The molecule has 0 bridgehead atoms. The Hall–Kier alpha value is -0.610. The van der Waals surface area contributed by atoms with Crippen LogP contribution in [0.15, 0.2) is 0 Å². The number of carbonyl (C=O) groups is 1. The second-order valence-electron chi connectivity index (χ2n) is 3.62. The van der Waals surface area contributed by atoms with Crippen LogP contribution in [0.3, 0.4) is 0 Å². The molecule has 15 heavy (non-hydrogen) atoms. The first kappa shape index (κ1) is 12.5. The number of rotatable bonds is 6. The monoisotopic (exact) mass is 216 g/mol. The molecule has 4 nitrogen and oxygen atoms in total. The van der Waals surface area contributed by atoms with Crippen LogP contribution < -0.4 is 0 Å². The van der Waals surface area contributed by atoms with Crippen molar-refractivity contribution in [2.24, 2.45) is 0 Å². The molecule has 4 heteroatoms. The fraction of sp³-hybridized carbons (Fsp3) is 0.909. The van der Waals surface area contributed by atoms with Crippen molar-refractivity contribution >= 4 is 5.97 Å². The average Bonchev–Trinajstić information content (AvgIpc) is 2.72. The zero-order chi connectivity index (χ0) is 11.1. The number of ether oxygens (including phenoxy) is 3. The van der Waals surface area contributed by atoms with Crippen molar-refractivity contribution < 1.29 is 19.0 Å². The van der Waals surface area contributed by atoms with E-state index in [2.05, 4.69) is 0 Å². The van der Waals surface area contributed by atoms with Crippen molar-refractivity contribution in [3.63, 3.8) is 0 Å². The average molecular weight is 216 g/mol. The number of esters is 1. The Morgan fingerprint density at radius 3 is 2.87 bits per heavy atom. The number of carbonyl (C=O) groups excluding carboxylic acids is 1. The maximum Gasteiger partial charge on any atom is 0.335 e. The molecule has 2 unspecified atom stereocenters. The summed E-state index contributed by atoms with van der Waals surface area (Å²) in [6, 6.07) is 0. The Balaban J connectivity index is 2.23. The molecule has 0 aliphatic carbocycles. The van der Waals surface area contributed by atoms with E-state index in [-0.39, 0.29) is 12.1 Å². The van der Waals surface area contributed by atoms with E-state index in [1.54, 1.807) is 6.92 Å². The van der Waals surface area contributed by atoms with E-state index >= 15 is 0 Å². The fourth-order valence-corrected chi connectivity index (χ4v) is 1.59. The van der Waals surface area contributed by atoms with Gasteiger partial charge in [0.15, 0.2) is 6.10 Å². The lowest BCUT2D eigenvalue weighted by molar-refractivity contribution is -0.158. The second kappa shape index (κ2) is 6.80. The van der Waals surface area contributed by atoms with Gasteiger partial charge in [-0.1, -0.05) is 6.92 Å². The molecule has 1 aliphatic rings. The van der Waals surface area contributed by atoms with Gasteiger partial charge in [0.25, 0.3) is 0 Å². The third-order valence-electron chi connectivity index (χ3n) is 2.43. The maximum atomic E-state index is 11.4. The highest BCUT2D eigenvalue weighted by molar-refractivity contribution is 5.74. The van der Waals surface area contributed by atoms with Crippen LogP contribution >= 0.6 is 0 Å². The lowest BCUT2D eigenvalue weighted by atomic mass is 10.2. The smallest absolute Gasteiger partial charge is 0.335 e. The number of hydrogen-bond donors (Lipinski definition) is 0. The van der Waals surface area contributed by atoms with Gasteiger partial charge in [-0.05, 0) is 26.2 Å². The van der Waals surface area contributed by atoms with Gasteiger partial charge in [0.05, 0.1) is 19.3 Å². The molecule has 1 rings (SSSR count). The van der Waals surface area contributed by atoms with Gasteiger partial charge in [0.2, 0.25) is 0 Å². The standard InChI is InChI=1S/C11H20O4/c1-3-10(11(12)13-4-2)15-8-9-6-5-7-14-9/h9-10H,3-8H2,1-2H3. The molecule has 1 aliphatic heterocycles. The van der Waals surface area contributed by atoms with Gasteiger partial charge in [0.1, 0.15) is 0 Å². The summed E-state index contributed by atoms with van der Waals surface area (Å²) in [6.07, 6.45) is 2.48. The van der Waals surface area contributed by atoms with E-state index in [4.69, 9.17) is 14.2 Å². The molecule has 2 atom stereocenters. The summed E-state index contributed by atoms with van der Waals surface area (Å²) < 4.78 is 15.8. The van der Waals surface area contributed by atoms with Gasteiger partial charge in [-0.2, -0.15) is 0 Å². The molecular formula is C11H20O4. The minimum absolute atomic E-state index is 0.161. The first-order valence-electron chi connectivity index (χ1n) is 5.67. The lowest BCUT2D eigenvalue weighted by Crippen LogP contribution is -2.29. The van der Waals surface area contributed by atoms with E-state index in [9.17, 15) is 4.79 Å². The maximum absolute atomic E-state index is 11.4. The van der Waals surface area contributed by atoms with Crippen LogP contribution in [0.1, 0.15) is 33.1 Å². The molecule has 0 amide bonds. The van der Waals surface area contributed by atoms with Crippen LogP contribution in [0, 0.1) is 0 Å². The third-order valence-corrected chi connectivity index (χ3v) is 2.43. The van der Waals surface area contributed by atoms with Crippen molar-refractivity contribution in [3.8, 4) is 0 Å². The molecule has 1 fully saturated rings. The molecule has 0 N–H and O–H groups in total. The Kier molecular flexibility index (Phi) is 5.65. The summed E-state index contributed by atoms with van der Waals surface area (Å²) in [6.45, 7) is 5.42. The summed E-state index contributed by atoms with van der Waals surface area (Å²) in [5.74, 6) is -0.266. The Morgan fingerprint density at radius 2 is 2.33 bits per heavy atom. The van der Waals surface area contributed by atoms with E-state index in [1.807, 2.05) is 6.92 Å². The molecule has 0 aromatic heterocycles. The van der Waals surface area contributed by atoms with Gasteiger partial charge in [-0.15, -0.1) is 0 Å². The second-order valence-corrected chi connectivity index (χ2v) is 3.62. The van der Waals surface area contributed by atoms with Crippen molar-refractivity contribution in [1.29, 1.82) is 0 Å². The number of hydrogen-bond acceptors (Lipinski definition) is 4. The van der Waals surface area contributed by atoms with Gasteiger partial charge in [0, 0.05) is 6.61 Å². The van der Waals surface area contributed by atoms with E-state index in [0.29, 0.717) is 19.6 Å². The third kappa shape index (κ3) is 4.18. The van der Waals surface area contributed by atoms with Crippen molar-refractivity contribution in [1.82, 2.24) is 0 Å². The Labute approximate surface area is 90.9 Å². The molecule has 0 aromatic rings. The van der Waals surface area contributed by atoms with Crippen LogP contribution in [0.5, 0.6) is 0 Å². The van der Waals surface area contributed by atoms with Crippen LogP contribution in [0.4, 0.5) is 0 Å². The van der Waals surface area contributed by atoms with Gasteiger partial charge in [-0.25, -0.2) is 4.79 Å². The minimum atomic E-state index is -0.436. The van der Waals surface area contributed by atoms with Crippen molar-refractivity contribution in [2.75, 3.05) is 19.8 Å². The molecule has 1 saturated heterocycles. The molecule has 0 aromatic carbocycles. The van der Waals surface area contributed by atoms with E-state index < -0.39 is 6.10 Å². The molecule has 0 saturated carbocycles. The topological polar surface area (TPSA) is 44.8 Å². The predicted molar refractivity (Wildman–Crippen MR) is 55.6 cm³/mol. The summed E-state index contributed by atoms with van der Waals surface area (Å²) >= 11 is 0. The highest BCUT2D eigenvalue weighted by atomic mass is 16.6. The van der Waals surface area contributed by atoms with E-state index in [0.717, 1.165) is 19.4 Å². The zero-order valence-corrected chi connectivity index (χ0v) is 9.53. The van der Waals surface area contributed by atoms with Crippen LogP contribution in [0.25, 0.3) is 0 Å². The molecule has 88 valence electrons. The summed E-state index contributed by atoms with van der Waals surface area (Å²) in [5, 5.41) is 0. The van der Waals surface area contributed by atoms with Gasteiger partial charge >= 0.3 is 5.97 Å². The SMILES string of the molecule is CCOC(=O)C(CC)OCC1CCCO1. The van der Waals surface area contributed by atoms with Gasteiger partial charge < -0.3 is 14.2 Å². The highest BCUT2D eigenvalue weighted by Gasteiger charge is 2.22. The fourth-order valence-electron chi connectivity index (χ4n) is 1.59. The van der Waals surface area contributed by atoms with E-state index in [1.165, 1.54) is 0 Å². The Bertz CT molecular complexity index is 187. The molecular weight excluding hydrogens is 196 g/mol. The molecule has 1 heterocycles. The van der Waals surface area contributed by atoms with Crippen molar-refractivity contribution in [2.45, 2.75) is 45.3 Å². The minimum Gasteiger partial charge on any atom is -0.464 e. The van der Waals surface area contributed by atoms with Crippen LogP contribution in [0.2, 0.25) is 0 Å². The predicted octanol–water partition coefficient (Wildman–Crippen LogP) is 1.52. The summed E-state index contributed by atoms with van der Waals surface area (Å²) in [4.78, 5) is 11.4. The first-order chi connectivity index (χ1) is 7.27.